The number of hydrogen-bond donors (Lipinski definition) is 0. The predicted molar refractivity (Wildman–Crippen MR) is 263 cm³/mol. The first-order valence-corrected chi connectivity index (χ1v) is 21.8. The van der Waals surface area contributed by atoms with E-state index >= 15 is 0 Å². The fourth-order valence-corrected chi connectivity index (χ4v) is 9.67. The highest BCUT2D eigenvalue weighted by Gasteiger charge is 2.35. The van der Waals surface area contributed by atoms with E-state index in [1.165, 1.54) is 33.4 Å². The Kier molecular flexibility index (Phi) is 8.80. The highest BCUT2D eigenvalue weighted by atomic mass is 16.3. The molecule has 0 saturated carbocycles. The lowest BCUT2D eigenvalue weighted by Gasteiger charge is -2.21. The van der Waals surface area contributed by atoms with Crippen molar-refractivity contribution in [1.29, 1.82) is 0 Å². The van der Waals surface area contributed by atoms with Gasteiger partial charge in [-0.1, -0.05) is 184 Å². The van der Waals surface area contributed by atoms with Crippen molar-refractivity contribution in [3.05, 3.63) is 223 Å². The molecule has 12 rings (SSSR count). The van der Waals surface area contributed by atoms with E-state index in [-0.39, 0.29) is 5.41 Å². The van der Waals surface area contributed by atoms with Crippen molar-refractivity contribution in [2.45, 2.75) is 19.3 Å². The van der Waals surface area contributed by atoms with Crippen LogP contribution in [0.3, 0.4) is 0 Å². The van der Waals surface area contributed by atoms with Gasteiger partial charge in [-0.2, -0.15) is 0 Å². The molecular weight excluding hydrogens is 779 g/mol. The molecule has 0 unspecified atom stereocenters. The first kappa shape index (κ1) is 37.5. The molecule has 64 heavy (non-hydrogen) atoms. The number of nitrogens with zero attached hydrogens (tertiary/aromatic N) is 3. The molecule has 0 saturated heterocycles. The third kappa shape index (κ3) is 6.42. The van der Waals surface area contributed by atoms with Crippen LogP contribution >= 0.6 is 0 Å². The van der Waals surface area contributed by atoms with Gasteiger partial charge in [0.25, 0.3) is 0 Å². The molecule has 0 radical (unpaired) electrons. The monoisotopic (exact) mass is 819 g/mol. The van der Waals surface area contributed by atoms with Crippen LogP contribution in [0.4, 0.5) is 0 Å². The summed E-state index contributed by atoms with van der Waals surface area (Å²) >= 11 is 0. The van der Waals surface area contributed by atoms with Crippen molar-refractivity contribution in [3.8, 4) is 89.8 Å². The van der Waals surface area contributed by atoms with E-state index < -0.39 is 0 Å². The van der Waals surface area contributed by atoms with Crippen LogP contribution in [0.25, 0.3) is 112 Å². The van der Waals surface area contributed by atoms with Crippen LogP contribution in [0.15, 0.2) is 217 Å². The minimum absolute atomic E-state index is 0.0969. The van der Waals surface area contributed by atoms with E-state index in [2.05, 4.69) is 220 Å². The number of rotatable bonds is 7. The van der Waals surface area contributed by atoms with E-state index in [0.29, 0.717) is 17.5 Å². The Bertz CT molecular complexity index is 3590. The molecule has 0 aliphatic heterocycles. The van der Waals surface area contributed by atoms with E-state index in [4.69, 9.17) is 19.4 Å². The Labute approximate surface area is 372 Å². The lowest BCUT2D eigenvalue weighted by Crippen LogP contribution is -2.14. The van der Waals surface area contributed by atoms with Crippen LogP contribution in [0.2, 0.25) is 0 Å². The average Bonchev–Trinajstić information content (AvgIpc) is 3.85. The van der Waals surface area contributed by atoms with E-state index in [1.807, 2.05) is 6.07 Å². The van der Waals surface area contributed by atoms with E-state index in [9.17, 15) is 0 Å². The normalized spacial score (nSPS) is 12.7. The molecule has 0 atom stereocenters. The molecule has 0 fully saturated rings. The highest BCUT2D eigenvalue weighted by Crippen LogP contribution is 2.49. The Balaban J connectivity index is 0.958. The van der Waals surface area contributed by atoms with Crippen molar-refractivity contribution < 1.29 is 4.42 Å². The maximum absolute atomic E-state index is 6.61. The zero-order valence-electron chi connectivity index (χ0n) is 35.5. The van der Waals surface area contributed by atoms with E-state index in [1.54, 1.807) is 0 Å². The van der Waals surface area contributed by atoms with Gasteiger partial charge >= 0.3 is 0 Å². The lowest BCUT2D eigenvalue weighted by molar-refractivity contribution is 0.660. The minimum Gasteiger partial charge on any atom is -0.456 e. The maximum atomic E-state index is 6.61. The van der Waals surface area contributed by atoms with Crippen molar-refractivity contribution in [3.63, 3.8) is 0 Å². The van der Waals surface area contributed by atoms with Crippen molar-refractivity contribution in [1.82, 2.24) is 15.0 Å². The quantitative estimate of drug-likeness (QED) is 0.161. The molecule has 1 aliphatic rings. The molecule has 0 bridgehead atoms. The summed E-state index contributed by atoms with van der Waals surface area (Å²) in [6.07, 6.45) is 0. The van der Waals surface area contributed by atoms with Gasteiger partial charge in [-0.15, -0.1) is 0 Å². The molecule has 0 amide bonds. The molecule has 9 aromatic carbocycles. The molecule has 0 N–H and O–H groups in total. The third-order valence-electron chi connectivity index (χ3n) is 12.9. The molecule has 4 nitrogen and oxygen atoms in total. The van der Waals surface area contributed by atoms with E-state index in [0.717, 1.165) is 72.0 Å². The fraction of sp³-hybridized carbons (Fsp3) is 0.0500. The van der Waals surface area contributed by atoms with Crippen molar-refractivity contribution in [2.75, 3.05) is 0 Å². The number of fused-ring (bicyclic) bond motifs is 6. The summed E-state index contributed by atoms with van der Waals surface area (Å²) in [5, 5.41) is 2.20. The molecule has 302 valence electrons. The summed E-state index contributed by atoms with van der Waals surface area (Å²) in [6, 6.07) is 74.9. The molecule has 11 aromatic rings. The van der Waals surface area contributed by atoms with Crippen LogP contribution in [0.1, 0.15) is 25.0 Å². The van der Waals surface area contributed by atoms with Gasteiger partial charge in [-0.05, 0) is 109 Å². The zero-order chi connectivity index (χ0) is 42.8. The van der Waals surface area contributed by atoms with Crippen LogP contribution < -0.4 is 0 Å². The standard InChI is InChI=1S/C60H41N3O/c1-60(2)52-27-10-9-25-49(52)51-36-47(30-32-53(51)60)59-62-57(45-23-12-20-41(34-45)39-17-7-4-8-18-39)61-58(63-59)46-24-13-21-42(35-46)43-29-31-50-55(37-43)64-54-28-14-26-48(56(50)54)44-22-11-19-40(33-44)38-15-5-3-6-16-38/h3-37H,1-2H3. The number of furan rings is 1. The maximum Gasteiger partial charge on any atom is 0.164 e. The van der Waals surface area contributed by atoms with Gasteiger partial charge in [-0.3, -0.25) is 0 Å². The largest absolute Gasteiger partial charge is 0.456 e. The van der Waals surface area contributed by atoms with Crippen molar-refractivity contribution >= 4 is 21.9 Å². The van der Waals surface area contributed by atoms with Crippen LogP contribution in [-0.4, -0.2) is 15.0 Å². The van der Waals surface area contributed by atoms with Gasteiger partial charge in [0.2, 0.25) is 0 Å². The topological polar surface area (TPSA) is 51.8 Å². The summed E-state index contributed by atoms with van der Waals surface area (Å²) < 4.78 is 6.61. The third-order valence-corrected chi connectivity index (χ3v) is 12.9. The molecular formula is C60H41N3O. The molecule has 1 aliphatic carbocycles. The number of benzene rings is 9. The fourth-order valence-electron chi connectivity index (χ4n) is 9.67. The van der Waals surface area contributed by atoms with Gasteiger partial charge < -0.3 is 4.42 Å². The smallest absolute Gasteiger partial charge is 0.164 e. The molecule has 2 aromatic heterocycles. The minimum atomic E-state index is -0.0969. The first-order valence-electron chi connectivity index (χ1n) is 21.8. The second kappa shape index (κ2) is 15.0. The second-order valence-corrected chi connectivity index (χ2v) is 17.2. The van der Waals surface area contributed by atoms with Gasteiger partial charge in [0.05, 0.1) is 0 Å². The van der Waals surface area contributed by atoms with Gasteiger partial charge in [0.15, 0.2) is 17.5 Å². The van der Waals surface area contributed by atoms with Gasteiger partial charge in [0.1, 0.15) is 11.2 Å². The van der Waals surface area contributed by atoms with Crippen LogP contribution in [0, 0.1) is 0 Å². The summed E-state index contributed by atoms with van der Waals surface area (Å²) in [7, 11) is 0. The SMILES string of the molecule is CC1(C)c2ccccc2-c2cc(-c3nc(-c4cccc(-c5ccccc5)c4)nc(-c4cccc(-c5ccc6c(c5)oc5cccc(-c7cccc(-c8ccccc8)c7)c56)c4)n3)ccc21. The first-order chi connectivity index (χ1) is 31.4. The van der Waals surface area contributed by atoms with Gasteiger partial charge in [-0.25, -0.2) is 15.0 Å². The van der Waals surface area contributed by atoms with Crippen molar-refractivity contribution in [2.24, 2.45) is 0 Å². The Morgan fingerprint density at radius 2 is 0.766 bits per heavy atom. The second-order valence-electron chi connectivity index (χ2n) is 17.2. The Hall–Kier alpha value is -8.21. The number of hydrogen-bond acceptors (Lipinski definition) is 4. The zero-order valence-corrected chi connectivity index (χ0v) is 35.5. The molecule has 0 spiro atoms. The Morgan fingerprint density at radius 1 is 0.312 bits per heavy atom. The number of aromatic nitrogens is 3. The van der Waals surface area contributed by atoms with Crippen LogP contribution in [-0.2, 0) is 5.41 Å². The Morgan fingerprint density at radius 3 is 1.42 bits per heavy atom. The highest BCUT2D eigenvalue weighted by molar-refractivity contribution is 6.13. The lowest BCUT2D eigenvalue weighted by atomic mass is 9.82. The summed E-state index contributed by atoms with van der Waals surface area (Å²) in [6.45, 7) is 4.61. The summed E-state index contributed by atoms with van der Waals surface area (Å²) in [5.41, 5.74) is 18.5. The molecule has 2 heterocycles. The summed E-state index contributed by atoms with van der Waals surface area (Å²) in [5.74, 6) is 1.87. The summed E-state index contributed by atoms with van der Waals surface area (Å²) in [4.78, 5) is 15.6. The molecule has 4 heteroatoms. The predicted octanol–water partition coefficient (Wildman–Crippen LogP) is 15.7. The van der Waals surface area contributed by atoms with Gasteiger partial charge in [0, 0.05) is 32.9 Å². The van der Waals surface area contributed by atoms with Crippen LogP contribution in [0.5, 0.6) is 0 Å². The average molecular weight is 820 g/mol.